The van der Waals surface area contributed by atoms with Gasteiger partial charge in [-0.3, -0.25) is 9.58 Å². The molecule has 92 valence electrons. The number of nitrogens with two attached hydrogens (primary N) is 1. The minimum absolute atomic E-state index is 0.772. The smallest absolute Gasteiger partial charge is 0.0534 e. The summed E-state index contributed by atoms with van der Waals surface area (Å²) in [5.74, 6) is 0. The van der Waals surface area contributed by atoms with E-state index in [1.54, 1.807) is 0 Å². The molecule has 0 aromatic carbocycles. The van der Waals surface area contributed by atoms with E-state index in [4.69, 9.17) is 5.73 Å². The van der Waals surface area contributed by atoms with Crippen molar-refractivity contribution in [1.29, 1.82) is 0 Å². The molecule has 0 aliphatic heterocycles. The van der Waals surface area contributed by atoms with Gasteiger partial charge >= 0.3 is 0 Å². The van der Waals surface area contributed by atoms with E-state index in [-0.39, 0.29) is 0 Å². The van der Waals surface area contributed by atoms with Gasteiger partial charge in [0.2, 0.25) is 0 Å². The molecule has 0 aliphatic carbocycles. The summed E-state index contributed by atoms with van der Waals surface area (Å²) < 4.78 is 1.97. The summed E-state index contributed by atoms with van der Waals surface area (Å²) in [5, 5.41) is 4.29. The molecule has 1 aromatic heterocycles. The van der Waals surface area contributed by atoms with Crippen LogP contribution >= 0.6 is 0 Å². The molecule has 0 fully saturated rings. The molecule has 16 heavy (non-hydrogen) atoms. The summed E-state index contributed by atoms with van der Waals surface area (Å²) in [5.41, 5.74) is 6.85. The van der Waals surface area contributed by atoms with Crippen LogP contribution in [0.15, 0.2) is 12.4 Å². The van der Waals surface area contributed by atoms with Crippen LogP contribution in [-0.2, 0) is 13.1 Å². The second-order valence-electron chi connectivity index (χ2n) is 4.12. The lowest BCUT2D eigenvalue weighted by atomic mass is 10.3. The van der Waals surface area contributed by atoms with Crippen molar-refractivity contribution in [2.45, 2.75) is 39.8 Å². The highest BCUT2D eigenvalue weighted by atomic mass is 15.3. The maximum Gasteiger partial charge on any atom is 0.0534 e. The molecule has 0 saturated carbocycles. The molecule has 4 nitrogen and oxygen atoms in total. The molecule has 0 radical (unpaired) electrons. The van der Waals surface area contributed by atoms with Crippen LogP contribution in [0.25, 0.3) is 0 Å². The first-order valence-corrected chi connectivity index (χ1v) is 6.23. The van der Waals surface area contributed by atoms with Gasteiger partial charge in [-0.05, 0) is 39.4 Å². The van der Waals surface area contributed by atoms with Gasteiger partial charge in [-0.1, -0.05) is 6.92 Å². The molecule has 0 spiro atoms. The van der Waals surface area contributed by atoms with Crippen molar-refractivity contribution in [2.24, 2.45) is 5.73 Å². The van der Waals surface area contributed by atoms with E-state index in [9.17, 15) is 0 Å². The molecule has 1 aromatic rings. The van der Waals surface area contributed by atoms with Crippen molar-refractivity contribution >= 4 is 0 Å². The number of nitrogens with zero attached hydrogens (tertiary/aromatic N) is 3. The normalized spacial score (nSPS) is 11.2. The molecule has 0 saturated heterocycles. The molecule has 4 heteroatoms. The van der Waals surface area contributed by atoms with Crippen LogP contribution in [0.4, 0.5) is 0 Å². The first-order chi connectivity index (χ1) is 7.80. The molecule has 1 heterocycles. The Morgan fingerprint density at radius 2 is 2.19 bits per heavy atom. The number of aryl methyl sites for hydroxylation is 1. The van der Waals surface area contributed by atoms with Gasteiger partial charge in [0.15, 0.2) is 0 Å². The highest BCUT2D eigenvalue weighted by Crippen LogP contribution is 2.05. The summed E-state index contributed by atoms with van der Waals surface area (Å²) in [6, 6.07) is 0. The van der Waals surface area contributed by atoms with Gasteiger partial charge in [0.05, 0.1) is 6.20 Å². The van der Waals surface area contributed by atoms with Crippen molar-refractivity contribution in [3.63, 3.8) is 0 Å². The Bertz CT molecular complexity index is 282. The van der Waals surface area contributed by atoms with E-state index in [2.05, 4.69) is 30.0 Å². The van der Waals surface area contributed by atoms with E-state index in [1.807, 2.05) is 10.9 Å². The number of hydrogen-bond donors (Lipinski definition) is 1. The van der Waals surface area contributed by atoms with E-state index in [0.29, 0.717) is 0 Å². The van der Waals surface area contributed by atoms with Gasteiger partial charge in [-0.25, -0.2) is 0 Å². The van der Waals surface area contributed by atoms with Crippen LogP contribution in [0.5, 0.6) is 0 Å². The molecule has 0 amide bonds. The van der Waals surface area contributed by atoms with Crippen LogP contribution < -0.4 is 5.73 Å². The van der Waals surface area contributed by atoms with Crippen LogP contribution in [-0.4, -0.2) is 34.3 Å². The largest absolute Gasteiger partial charge is 0.330 e. The van der Waals surface area contributed by atoms with Crippen molar-refractivity contribution < 1.29 is 0 Å². The number of aromatic nitrogens is 2. The Morgan fingerprint density at radius 3 is 2.75 bits per heavy atom. The van der Waals surface area contributed by atoms with E-state index in [0.717, 1.165) is 39.1 Å². The molecule has 0 unspecified atom stereocenters. The summed E-state index contributed by atoms with van der Waals surface area (Å²) in [4.78, 5) is 2.45. The van der Waals surface area contributed by atoms with E-state index >= 15 is 0 Å². The third kappa shape index (κ3) is 4.33. The maximum absolute atomic E-state index is 5.55. The van der Waals surface area contributed by atoms with Crippen molar-refractivity contribution in [2.75, 3.05) is 19.6 Å². The third-order valence-electron chi connectivity index (χ3n) is 2.64. The predicted molar refractivity (Wildman–Crippen MR) is 67.1 cm³/mol. The van der Waals surface area contributed by atoms with Crippen LogP contribution in [0, 0.1) is 0 Å². The first kappa shape index (κ1) is 13.2. The van der Waals surface area contributed by atoms with Crippen molar-refractivity contribution in [3.8, 4) is 0 Å². The van der Waals surface area contributed by atoms with Gasteiger partial charge in [-0.15, -0.1) is 0 Å². The SMILES string of the molecule is CCCN(CCCN)Cc1cnn(CC)c1. The summed E-state index contributed by atoms with van der Waals surface area (Å²) in [7, 11) is 0. The van der Waals surface area contributed by atoms with Gasteiger partial charge in [0, 0.05) is 24.8 Å². The monoisotopic (exact) mass is 224 g/mol. The third-order valence-corrected chi connectivity index (χ3v) is 2.64. The fourth-order valence-corrected chi connectivity index (χ4v) is 1.82. The minimum Gasteiger partial charge on any atom is -0.330 e. The lowest BCUT2D eigenvalue weighted by molar-refractivity contribution is 0.264. The standard InChI is InChI=1S/C12H24N4/c1-3-7-15(8-5-6-13)10-12-9-14-16(4-2)11-12/h9,11H,3-8,10,13H2,1-2H3. The fourth-order valence-electron chi connectivity index (χ4n) is 1.82. The van der Waals surface area contributed by atoms with Gasteiger partial charge < -0.3 is 5.73 Å². The zero-order valence-electron chi connectivity index (χ0n) is 10.5. The molecule has 0 aliphatic rings. The van der Waals surface area contributed by atoms with Gasteiger partial charge in [0.25, 0.3) is 0 Å². The number of rotatable bonds is 8. The highest BCUT2D eigenvalue weighted by Gasteiger charge is 2.05. The topological polar surface area (TPSA) is 47.1 Å². The summed E-state index contributed by atoms with van der Waals surface area (Å²) in [6.45, 7) is 9.25. The second-order valence-corrected chi connectivity index (χ2v) is 4.12. The lowest BCUT2D eigenvalue weighted by Gasteiger charge is -2.20. The fraction of sp³-hybridized carbons (Fsp3) is 0.750. The molecule has 0 bridgehead atoms. The van der Waals surface area contributed by atoms with Gasteiger partial charge in [-0.2, -0.15) is 5.10 Å². The average molecular weight is 224 g/mol. The maximum atomic E-state index is 5.55. The summed E-state index contributed by atoms with van der Waals surface area (Å²) >= 11 is 0. The zero-order valence-corrected chi connectivity index (χ0v) is 10.5. The number of hydrogen-bond acceptors (Lipinski definition) is 3. The minimum atomic E-state index is 0.772. The van der Waals surface area contributed by atoms with Gasteiger partial charge in [0.1, 0.15) is 0 Å². The Labute approximate surface area is 98.4 Å². The first-order valence-electron chi connectivity index (χ1n) is 6.23. The average Bonchev–Trinajstić information content (AvgIpc) is 2.74. The molecular weight excluding hydrogens is 200 g/mol. The van der Waals surface area contributed by atoms with Crippen LogP contribution in [0.1, 0.15) is 32.3 Å². The zero-order chi connectivity index (χ0) is 11.8. The quantitative estimate of drug-likeness (QED) is 0.727. The Morgan fingerprint density at radius 1 is 1.38 bits per heavy atom. The predicted octanol–water partition coefficient (Wildman–Crippen LogP) is 1.46. The van der Waals surface area contributed by atoms with E-state index in [1.165, 1.54) is 12.0 Å². The van der Waals surface area contributed by atoms with Crippen molar-refractivity contribution in [1.82, 2.24) is 14.7 Å². The lowest BCUT2D eigenvalue weighted by Crippen LogP contribution is -2.26. The Kier molecular flexibility index (Phi) is 6.11. The Hall–Kier alpha value is -0.870. The summed E-state index contributed by atoms with van der Waals surface area (Å²) in [6.07, 6.45) is 6.36. The molecule has 2 N–H and O–H groups in total. The molecule has 0 atom stereocenters. The molecule has 1 rings (SSSR count). The van der Waals surface area contributed by atoms with Crippen LogP contribution in [0.2, 0.25) is 0 Å². The van der Waals surface area contributed by atoms with E-state index < -0.39 is 0 Å². The molecular formula is C12H24N4. The van der Waals surface area contributed by atoms with Crippen molar-refractivity contribution in [3.05, 3.63) is 18.0 Å². The van der Waals surface area contributed by atoms with Crippen LogP contribution in [0.3, 0.4) is 0 Å². The highest BCUT2D eigenvalue weighted by molar-refractivity contribution is 5.03. The second kappa shape index (κ2) is 7.41. The Balaban J connectivity index is 2.46.